The number of carbonyl (C=O) groups is 2. The second kappa shape index (κ2) is 9.88. The summed E-state index contributed by atoms with van der Waals surface area (Å²) in [7, 11) is 0. The minimum atomic E-state index is -0.464. The number of morpholine rings is 1. The summed E-state index contributed by atoms with van der Waals surface area (Å²) in [6.45, 7) is 4.22. The molecule has 2 heterocycles. The lowest BCUT2D eigenvalue weighted by molar-refractivity contribution is 0.0342. The summed E-state index contributed by atoms with van der Waals surface area (Å²) in [5.41, 5.74) is 2.92. The molecule has 9 heteroatoms. The number of aromatic nitrogens is 2. The number of benzene rings is 2. The van der Waals surface area contributed by atoms with Gasteiger partial charge in [0, 0.05) is 31.0 Å². The zero-order valence-electron chi connectivity index (χ0n) is 16.9. The maximum atomic E-state index is 12.7. The molecule has 0 atom stereocenters. The average molecular weight is 420 g/mol. The molecule has 0 unspecified atom stereocenters. The Morgan fingerprint density at radius 2 is 1.65 bits per heavy atom. The topological polar surface area (TPSA) is 111 Å². The van der Waals surface area contributed by atoms with Gasteiger partial charge in [0.25, 0.3) is 5.91 Å². The molecule has 0 bridgehead atoms. The van der Waals surface area contributed by atoms with Crippen LogP contribution >= 0.6 is 0 Å². The molecular formula is C22H24N6O3. The van der Waals surface area contributed by atoms with Crippen LogP contribution in [0.3, 0.4) is 0 Å². The smallest absolute Gasteiger partial charge is 0.323 e. The van der Waals surface area contributed by atoms with Gasteiger partial charge in [0.15, 0.2) is 0 Å². The Morgan fingerprint density at radius 1 is 0.935 bits per heavy atom. The fourth-order valence-corrected chi connectivity index (χ4v) is 3.26. The Balaban J connectivity index is 1.33. The predicted octanol–water partition coefficient (Wildman–Crippen LogP) is 3.14. The van der Waals surface area contributed by atoms with Crippen LogP contribution in [0.4, 0.5) is 21.9 Å². The first-order valence-corrected chi connectivity index (χ1v) is 10.0. The molecule has 4 N–H and O–H groups in total. The fourth-order valence-electron chi connectivity index (χ4n) is 3.26. The summed E-state index contributed by atoms with van der Waals surface area (Å²) in [6.07, 6.45) is 1.39. The minimum absolute atomic E-state index is 0.167. The summed E-state index contributed by atoms with van der Waals surface area (Å²) >= 11 is 0. The van der Waals surface area contributed by atoms with Crippen LogP contribution in [0, 0.1) is 0 Å². The van der Waals surface area contributed by atoms with Crippen molar-refractivity contribution in [3.8, 4) is 0 Å². The molecule has 9 nitrogen and oxygen atoms in total. The van der Waals surface area contributed by atoms with E-state index in [4.69, 9.17) is 4.74 Å². The van der Waals surface area contributed by atoms with Crippen LogP contribution in [-0.4, -0.2) is 53.3 Å². The van der Waals surface area contributed by atoms with Crippen molar-refractivity contribution < 1.29 is 14.3 Å². The van der Waals surface area contributed by atoms with Crippen molar-refractivity contribution in [2.24, 2.45) is 0 Å². The standard InChI is InChI=1S/C22H24N6O3/c29-21(24-18-8-6-16(7-9-18)15-28-10-12-31-13-11-28)20-19(14-23-27-20)26-22(30)25-17-4-2-1-3-5-17/h1-9,14H,10-13,15H2,(H,23,27)(H,24,29)(H2,25,26,30). The third-order valence-corrected chi connectivity index (χ3v) is 4.87. The van der Waals surface area contributed by atoms with Gasteiger partial charge in [-0.05, 0) is 29.8 Å². The molecule has 2 aromatic carbocycles. The maximum Gasteiger partial charge on any atom is 0.323 e. The van der Waals surface area contributed by atoms with Crippen LogP contribution in [-0.2, 0) is 11.3 Å². The molecule has 1 fully saturated rings. The van der Waals surface area contributed by atoms with E-state index in [9.17, 15) is 9.59 Å². The van der Waals surface area contributed by atoms with E-state index in [1.165, 1.54) is 11.8 Å². The Kier molecular flexibility index (Phi) is 6.56. The summed E-state index contributed by atoms with van der Waals surface area (Å²) in [5, 5.41) is 14.7. The first kappa shape index (κ1) is 20.6. The lowest BCUT2D eigenvalue weighted by Crippen LogP contribution is -2.35. The van der Waals surface area contributed by atoms with Crippen molar-refractivity contribution in [1.29, 1.82) is 0 Å². The SMILES string of the molecule is O=C(Nc1ccccc1)Nc1cn[nH]c1C(=O)Nc1ccc(CN2CCOCC2)cc1. The van der Waals surface area contributed by atoms with Crippen LogP contribution in [0.25, 0.3) is 0 Å². The molecule has 31 heavy (non-hydrogen) atoms. The molecular weight excluding hydrogens is 396 g/mol. The lowest BCUT2D eigenvalue weighted by Gasteiger charge is -2.26. The van der Waals surface area contributed by atoms with Crippen molar-refractivity contribution in [3.63, 3.8) is 0 Å². The van der Waals surface area contributed by atoms with Crippen LogP contribution in [0.2, 0.25) is 0 Å². The number of hydrogen-bond acceptors (Lipinski definition) is 5. The molecule has 3 aromatic rings. The molecule has 1 saturated heterocycles. The number of amides is 3. The van der Waals surface area contributed by atoms with E-state index in [0.717, 1.165) is 32.8 Å². The average Bonchev–Trinajstić information content (AvgIpc) is 3.24. The van der Waals surface area contributed by atoms with Gasteiger partial charge in [0.1, 0.15) is 5.69 Å². The molecule has 1 aliphatic heterocycles. The van der Waals surface area contributed by atoms with Crippen molar-refractivity contribution in [3.05, 3.63) is 72.1 Å². The van der Waals surface area contributed by atoms with Crippen LogP contribution in [0.15, 0.2) is 60.8 Å². The predicted molar refractivity (Wildman–Crippen MR) is 118 cm³/mol. The Labute approximate surface area is 179 Å². The van der Waals surface area contributed by atoms with Crippen LogP contribution in [0.5, 0.6) is 0 Å². The molecule has 4 rings (SSSR count). The number of H-pyrrole nitrogens is 1. The van der Waals surface area contributed by atoms with Crippen LogP contribution in [0.1, 0.15) is 16.1 Å². The number of nitrogens with one attached hydrogen (secondary N) is 4. The normalized spacial score (nSPS) is 14.1. The van der Waals surface area contributed by atoms with E-state index < -0.39 is 11.9 Å². The van der Waals surface area contributed by atoms with Gasteiger partial charge in [-0.2, -0.15) is 5.10 Å². The van der Waals surface area contributed by atoms with E-state index in [0.29, 0.717) is 11.4 Å². The monoisotopic (exact) mass is 420 g/mol. The lowest BCUT2D eigenvalue weighted by atomic mass is 10.2. The van der Waals surface area contributed by atoms with Gasteiger partial charge in [0.2, 0.25) is 0 Å². The van der Waals surface area contributed by atoms with Gasteiger partial charge >= 0.3 is 6.03 Å². The molecule has 3 amide bonds. The van der Waals surface area contributed by atoms with Crippen LogP contribution < -0.4 is 16.0 Å². The Bertz CT molecular complexity index is 1010. The van der Waals surface area contributed by atoms with Crippen molar-refractivity contribution in [2.45, 2.75) is 6.54 Å². The molecule has 1 aliphatic rings. The summed E-state index contributed by atoms with van der Waals surface area (Å²) < 4.78 is 5.37. The highest BCUT2D eigenvalue weighted by Gasteiger charge is 2.17. The van der Waals surface area contributed by atoms with E-state index in [-0.39, 0.29) is 11.4 Å². The van der Waals surface area contributed by atoms with E-state index in [2.05, 4.69) is 31.0 Å². The first-order valence-electron chi connectivity index (χ1n) is 10.0. The molecule has 0 saturated carbocycles. The molecule has 1 aromatic heterocycles. The first-order chi connectivity index (χ1) is 15.2. The maximum absolute atomic E-state index is 12.7. The quantitative estimate of drug-likeness (QED) is 0.490. The van der Waals surface area contributed by atoms with Gasteiger partial charge in [0.05, 0.1) is 25.1 Å². The third kappa shape index (κ3) is 5.68. The largest absolute Gasteiger partial charge is 0.379 e. The molecule has 0 aliphatic carbocycles. The molecule has 0 radical (unpaired) electrons. The highest BCUT2D eigenvalue weighted by atomic mass is 16.5. The Hall–Kier alpha value is -3.69. The number of nitrogens with zero attached hydrogens (tertiary/aromatic N) is 2. The highest BCUT2D eigenvalue weighted by Crippen LogP contribution is 2.17. The number of ether oxygens (including phenoxy) is 1. The van der Waals surface area contributed by atoms with Gasteiger partial charge in [-0.15, -0.1) is 0 Å². The van der Waals surface area contributed by atoms with E-state index in [1.54, 1.807) is 12.1 Å². The number of anilines is 3. The van der Waals surface area contributed by atoms with Crippen molar-refractivity contribution in [1.82, 2.24) is 15.1 Å². The second-order valence-corrected chi connectivity index (χ2v) is 7.14. The zero-order valence-corrected chi connectivity index (χ0v) is 16.9. The van der Waals surface area contributed by atoms with Gasteiger partial charge in [-0.1, -0.05) is 30.3 Å². The zero-order chi connectivity index (χ0) is 21.5. The van der Waals surface area contributed by atoms with Gasteiger partial charge < -0.3 is 20.7 Å². The van der Waals surface area contributed by atoms with Crippen molar-refractivity contribution in [2.75, 3.05) is 42.3 Å². The Morgan fingerprint density at radius 3 is 2.39 bits per heavy atom. The molecule has 160 valence electrons. The van der Waals surface area contributed by atoms with Gasteiger partial charge in [-0.3, -0.25) is 14.8 Å². The van der Waals surface area contributed by atoms with E-state index >= 15 is 0 Å². The summed E-state index contributed by atoms with van der Waals surface area (Å²) in [4.78, 5) is 27.2. The number of rotatable bonds is 6. The van der Waals surface area contributed by atoms with Gasteiger partial charge in [-0.25, -0.2) is 4.79 Å². The number of aromatic amines is 1. The summed E-state index contributed by atoms with van der Waals surface area (Å²) in [5.74, 6) is -0.395. The number of para-hydroxylation sites is 1. The second-order valence-electron chi connectivity index (χ2n) is 7.14. The highest BCUT2D eigenvalue weighted by molar-refractivity contribution is 6.10. The summed E-state index contributed by atoms with van der Waals surface area (Å²) in [6, 6.07) is 16.3. The minimum Gasteiger partial charge on any atom is -0.379 e. The molecule has 0 spiro atoms. The third-order valence-electron chi connectivity index (χ3n) is 4.87. The number of urea groups is 1. The van der Waals surface area contributed by atoms with Crippen molar-refractivity contribution >= 4 is 29.0 Å². The fraction of sp³-hybridized carbons (Fsp3) is 0.227. The number of hydrogen-bond donors (Lipinski definition) is 4. The number of carbonyl (C=O) groups excluding carboxylic acids is 2. The van der Waals surface area contributed by atoms with E-state index in [1.807, 2.05) is 42.5 Å².